The molecule has 0 radical (unpaired) electrons. The number of unbranched alkanes of at least 4 members (excludes halogenated alkanes) is 60. The van der Waals surface area contributed by atoms with E-state index in [2.05, 4.69) is 41.5 Å². The lowest BCUT2D eigenvalue weighted by molar-refractivity contribution is -0.161. The third-order valence-corrected chi connectivity index (χ3v) is 23.4. The van der Waals surface area contributed by atoms with Crippen molar-refractivity contribution in [2.45, 2.75) is 509 Å². The van der Waals surface area contributed by atoms with Gasteiger partial charge >= 0.3 is 39.5 Å². The lowest BCUT2D eigenvalue weighted by Crippen LogP contribution is -2.30. The van der Waals surface area contributed by atoms with E-state index in [4.69, 9.17) is 37.0 Å². The van der Waals surface area contributed by atoms with Gasteiger partial charge in [-0.05, 0) is 37.5 Å². The molecule has 0 aliphatic rings. The SMILES string of the molecule is CCCCCCCCCCCCCCCCCCCC(=O)O[C@H](COC(=O)CCCCCCCCCCCCC)COP(=O)(O)OC[C@H](O)COP(=O)(O)OC[C@@H](COC(=O)CCCCCCCCCCCCCCCCCCCCC(C)C)OC(=O)CCCCCCCCCCCCCCCCCCCCC(C)C. The lowest BCUT2D eigenvalue weighted by atomic mass is 10.0. The van der Waals surface area contributed by atoms with E-state index < -0.39 is 97.5 Å². The first-order chi connectivity index (χ1) is 53.4. The maximum absolute atomic E-state index is 13.2. The minimum absolute atomic E-state index is 0.109. The largest absolute Gasteiger partial charge is 0.472 e. The van der Waals surface area contributed by atoms with Crippen molar-refractivity contribution in [3.63, 3.8) is 0 Å². The summed E-state index contributed by atoms with van der Waals surface area (Å²) in [5, 5.41) is 10.7. The van der Waals surface area contributed by atoms with Crippen molar-refractivity contribution in [3.8, 4) is 0 Å². The predicted octanol–water partition coefficient (Wildman–Crippen LogP) is 28.2. The topological polar surface area (TPSA) is 237 Å². The molecule has 0 aromatic heterocycles. The standard InChI is InChI=1S/C91H178O17P2/c1-7-9-11-13-15-17-19-20-21-26-34-39-45-51-57-63-69-75-90(95)107-86(79-101-88(93)73-67-61-55-49-41-18-16-14-12-10-8-2)81-105-109(97,98)103-77-85(92)78-104-110(99,100)106-82-87(108-91(96)76-70-64-58-52-46-40-35-30-25-23-28-32-37-43-48-54-60-66-72-84(5)6)80-102-89(94)74-68-62-56-50-44-38-33-29-24-22-27-31-36-42-47-53-59-65-71-83(3)4/h83-87,92H,7-82H2,1-6H3,(H,97,98)(H,99,100)/t85-,86+,87+/m0/s1. The van der Waals surface area contributed by atoms with Gasteiger partial charge in [-0.25, -0.2) is 9.13 Å². The second-order valence-electron chi connectivity index (χ2n) is 33.6. The van der Waals surface area contributed by atoms with Crippen molar-refractivity contribution < 1.29 is 80.2 Å². The van der Waals surface area contributed by atoms with Crippen molar-refractivity contribution in [1.29, 1.82) is 0 Å². The molecule has 0 aliphatic carbocycles. The number of hydrogen-bond acceptors (Lipinski definition) is 15. The summed E-state index contributed by atoms with van der Waals surface area (Å²) < 4.78 is 69.1. The molecule has 110 heavy (non-hydrogen) atoms. The fourth-order valence-corrected chi connectivity index (χ4v) is 15.9. The molecule has 0 fully saturated rings. The maximum atomic E-state index is 13.2. The second kappa shape index (κ2) is 82.2. The fraction of sp³-hybridized carbons (Fsp3) is 0.956. The van der Waals surface area contributed by atoms with Gasteiger partial charge < -0.3 is 33.8 Å². The van der Waals surface area contributed by atoms with Crippen molar-refractivity contribution in [2.24, 2.45) is 11.8 Å². The zero-order valence-corrected chi connectivity index (χ0v) is 74.4. The fourth-order valence-electron chi connectivity index (χ4n) is 14.3. The summed E-state index contributed by atoms with van der Waals surface area (Å²) in [6.45, 7) is 9.78. The summed E-state index contributed by atoms with van der Waals surface area (Å²) >= 11 is 0. The molecule has 0 bridgehead atoms. The van der Waals surface area contributed by atoms with E-state index >= 15 is 0 Å². The zero-order chi connectivity index (χ0) is 80.6. The Hall–Kier alpha value is -1.94. The van der Waals surface area contributed by atoms with Crippen LogP contribution in [-0.4, -0.2) is 96.7 Å². The van der Waals surface area contributed by atoms with E-state index in [1.165, 1.54) is 308 Å². The van der Waals surface area contributed by atoms with Crippen LogP contribution in [0.5, 0.6) is 0 Å². The number of hydrogen-bond donors (Lipinski definition) is 3. The molecular weight excluding hydrogens is 1430 g/mol. The van der Waals surface area contributed by atoms with E-state index in [1.54, 1.807) is 0 Å². The Kier molecular flexibility index (Phi) is 80.7. The molecular formula is C91H178O17P2. The van der Waals surface area contributed by atoms with Crippen molar-refractivity contribution in [2.75, 3.05) is 39.6 Å². The van der Waals surface area contributed by atoms with Gasteiger partial charge in [0.1, 0.15) is 19.3 Å². The molecule has 0 spiro atoms. The number of aliphatic hydroxyl groups excluding tert-OH is 1. The van der Waals surface area contributed by atoms with E-state index in [0.29, 0.717) is 25.7 Å². The van der Waals surface area contributed by atoms with Crippen LogP contribution in [0.2, 0.25) is 0 Å². The van der Waals surface area contributed by atoms with E-state index in [-0.39, 0.29) is 25.7 Å². The molecule has 0 saturated heterocycles. The molecule has 17 nitrogen and oxygen atoms in total. The molecule has 0 heterocycles. The van der Waals surface area contributed by atoms with Crippen LogP contribution in [0.25, 0.3) is 0 Å². The normalized spacial score (nSPS) is 13.7. The van der Waals surface area contributed by atoms with Crippen LogP contribution in [0.3, 0.4) is 0 Å². The van der Waals surface area contributed by atoms with Crippen LogP contribution >= 0.6 is 15.6 Å². The highest BCUT2D eigenvalue weighted by molar-refractivity contribution is 7.47. The maximum Gasteiger partial charge on any atom is 0.472 e. The van der Waals surface area contributed by atoms with Gasteiger partial charge in [-0.1, -0.05) is 440 Å². The zero-order valence-electron chi connectivity index (χ0n) is 72.6. The summed E-state index contributed by atoms with van der Waals surface area (Å²) in [7, 11) is -9.93. The van der Waals surface area contributed by atoms with Crippen molar-refractivity contribution in [3.05, 3.63) is 0 Å². The number of carbonyl (C=O) groups is 4. The number of ether oxygens (including phenoxy) is 4. The lowest BCUT2D eigenvalue weighted by Gasteiger charge is -2.21. The predicted molar refractivity (Wildman–Crippen MR) is 455 cm³/mol. The van der Waals surface area contributed by atoms with Crippen LogP contribution < -0.4 is 0 Å². The van der Waals surface area contributed by atoms with E-state index in [9.17, 15) is 43.2 Å². The van der Waals surface area contributed by atoms with Gasteiger partial charge in [0.2, 0.25) is 0 Å². The van der Waals surface area contributed by atoms with Gasteiger partial charge in [-0.3, -0.25) is 37.3 Å². The van der Waals surface area contributed by atoms with Gasteiger partial charge in [0.25, 0.3) is 0 Å². The highest BCUT2D eigenvalue weighted by Crippen LogP contribution is 2.45. The molecule has 0 rings (SSSR count). The summed E-state index contributed by atoms with van der Waals surface area (Å²) in [6, 6.07) is 0. The van der Waals surface area contributed by atoms with Gasteiger partial charge in [-0.15, -0.1) is 0 Å². The van der Waals surface area contributed by atoms with Gasteiger partial charge in [0.05, 0.1) is 26.4 Å². The van der Waals surface area contributed by atoms with Crippen LogP contribution in [0.15, 0.2) is 0 Å². The minimum atomic E-state index is -4.97. The second-order valence-corrected chi connectivity index (χ2v) is 36.6. The highest BCUT2D eigenvalue weighted by atomic mass is 31.2. The number of carbonyl (C=O) groups excluding carboxylic acids is 4. The average Bonchev–Trinajstić information content (AvgIpc) is 0.898. The number of aliphatic hydroxyl groups is 1. The summed E-state index contributed by atoms with van der Waals surface area (Å²) in [6.07, 6.45) is 76.4. The molecule has 5 atom stereocenters. The number of esters is 4. The average molecular weight is 1610 g/mol. The molecule has 19 heteroatoms. The van der Waals surface area contributed by atoms with Gasteiger partial charge in [0.15, 0.2) is 12.2 Å². The van der Waals surface area contributed by atoms with Crippen molar-refractivity contribution in [1.82, 2.24) is 0 Å². The first-order valence-electron chi connectivity index (χ1n) is 47.0. The highest BCUT2D eigenvalue weighted by Gasteiger charge is 2.31. The Morgan fingerprint density at radius 3 is 0.618 bits per heavy atom. The quantitative estimate of drug-likeness (QED) is 0.0222. The van der Waals surface area contributed by atoms with E-state index in [0.717, 1.165) is 102 Å². The first kappa shape index (κ1) is 108. The Bertz CT molecular complexity index is 2100. The third kappa shape index (κ3) is 84.0. The number of phosphoric acid groups is 2. The minimum Gasteiger partial charge on any atom is -0.462 e. The summed E-state index contributed by atoms with van der Waals surface area (Å²) in [4.78, 5) is 73.4. The van der Waals surface area contributed by atoms with Crippen LogP contribution in [0.1, 0.15) is 491 Å². The summed E-state index contributed by atoms with van der Waals surface area (Å²) in [5.41, 5.74) is 0. The monoisotopic (exact) mass is 1610 g/mol. The van der Waals surface area contributed by atoms with Gasteiger partial charge in [0, 0.05) is 25.7 Å². The van der Waals surface area contributed by atoms with Crippen molar-refractivity contribution >= 4 is 39.5 Å². The molecule has 0 amide bonds. The molecule has 2 unspecified atom stereocenters. The van der Waals surface area contributed by atoms with E-state index in [1.807, 2.05) is 0 Å². The molecule has 0 aliphatic heterocycles. The van der Waals surface area contributed by atoms with Crippen LogP contribution in [0, 0.1) is 11.8 Å². The molecule has 0 aromatic carbocycles. The number of phosphoric ester groups is 2. The Morgan fingerprint density at radius 2 is 0.418 bits per heavy atom. The molecule has 0 aromatic rings. The Morgan fingerprint density at radius 1 is 0.245 bits per heavy atom. The summed E-state index contributed by atoms with van der Waals surface area (Å²) in [5.74, 6) is -0.451. The van der Waals surface area contributed by atoms with Crippen LogP contribution in [-0.2, 0) is 65.4 Å². The third-order valence-electron chi connectivity index (χ3n) is 21.5. The molecule has 0 saturated carbocycles. The number of rotatable bonds is 90. The first-order valence-corrected chi connectivity index (χ1v) is 50.0. The smallest absolute Gasteiger partial charge is 0.462 e. The van der Waals surface area contributed by atoms with Gasteiger partial charge in [-0.2, -0.15) is 0 Å². The molecule has 3 N–H and O–H groups in total. The molecule has 654 valence electrons. The van der Waals surface area contributed by atoms with Crippen LogP contribution in [0.4, 0.5) is 0 Å². The Balaban J connectivity index is 5.23. The Labute approximate surface area is 677 Å².